The Morgan fingerprint density at radius 3 is 2.46 bits per heavy atom. The topological polar surface area (TPSA) is 130 Å². The summed E-state index contributed by atoms with van der Waals surface area (Å²) in [4.78, 5) is 28.5. The Morgan fingerprint density at radius 2 is 1.87 bits per heavy atom. The standard InChI is InChI=1S/C26H38FN7O4S/c1-16(28-5)24(35)29-23(26(2,3)4)25(36)33-12-11-21-22(33)18(14-34(21)39(6,37)38)13-32-15-20(30-31-32)17-7-9-19(27)10-8-17/h7-10,15-16,18,21-23,28H,11-14H2,1-6H3,(H,29,35)/t16-,18-,21+,22?,23+/m0/s1. The fraction of sp³-hybridized carbons (Fsp3) is 0.615. The Kier molecular flexibility index (Phi) is 8.16. The molecule has 3 heterocycles. The molecule has 2 amide bonds. The lowest BCUT2D eigenvalue weighted by molar-refractivity contribution is -0.141. The Balaban J connectivity index is 1.61. The molecular formula is C26H38FN7O4S. The zero-order valence-electron chi connectivity index (χ0n) is 23.3. The van der Waals surface area contributed by atoms with Gasteiger partial charge in [0.05, 0.1) is 24.5 Å². The zero-order chi connectivity index (χ0) is 28.7. The van der Waals surface area contributed by atoms with Crippen molar-refractivity contribution in [1.82, 2.24) is 34.8 Å². The van der Waals surface area contributed by atoms with Gasteiger partial charge < -0.3 is 15.5 Å². The Morgan fingerprint density at radius 1 is 1.21 bits per heavy atom. The summed E-state index contributed by atoms with van der Waals surface area (Å²) in [7, 11) is -1.84. The molecule has 0 saturated carbocycles. The van der Waals surface area contributed by atoms with Crippen LogP contribution in [0.2, 0.25) is 0 Å². The van der Waals surface area contributed by atoms with Crippen LogP contribution in [0, 0.1) is 17.2 Å². The highest BCUT2D eigenvalue weighted by atomic mass is 32.2. The highest BCUT2D eigenvalue weighted by Crippen LogP contribution is 2.39. The fourth-order valence-electron chi connectivity index (χ4n) is 5.55. The van der Waals surface area contributed by atoms with Crippen LogP contribution in [-0.4, -0.2) is 95.0 Å². The Labute approximate surface area is 229 Å². The van der Waals surface area contributed by atoms with Crippen molar-refractivity contribution in [3.8, 4) is 11.3 Å². The van der Waals surface area contributed by atoms with Gasteiger partial charge in [0.15, 0.2) is 0 Å². The first-order valence-electron chi connectivity index (χ1n) is 13.1. The first-order valence-corrected chi connectivity index (χ1v) is 15.0. The van der Waals surface area contributed by atoms with Crippen molar-refractivity contribution in [2.45, 2.75) is 64.8 Å². The first-order chi connectivity index (χ1) is 18.2. The van der Waals surface area contributed by atoms with Crippen molar-refractivity contribution in [1.29, 1.82) is 0 Å². The van der Waals surface area contributed by atoms with Crippen LogP contribution in [0.25, 0.3) is 11.3 Å². The second-order valence-electron chi connectivity index (χ2n) is 11.6. The zero-order valence-corrected chi connectivity index (χ0v) is 24.1. The molecule has 0 bridgehead atoms. The van der Waals surface area contributed by atoms with Gasteiger partial charge in [-0.15, -0.1) is 5.10 Å². The lowest BCUT2D eigenvalue weighted by atomic mass is 9.85. The van der Waals surface area contributed by atoms with Crippen LogP contribution < -0.4 is 10.6 Å². The average Bonchev–Trinajstić information content (AvgIpc) is 3.58. The van der Waals surface area contributed by atoms with E-state index in [2.05, 4.69) is 20.9 Å². The minimum Gasteiger partial charge on any atom is -0.342 e. The number of carbonyl (C=O) groups is 2. The number of hydrogen-bond donors (Lipinski definition) is 2. The maximum absolute atomic E-state index is 14.0. The van der Waals surface area contributed by atoms with Gasteiger partial charge in [-0.3, -0.25) is 14.3 Å². The molecule has 5 atom stereocenters. The number of nitrogens with one attached hydrogen (secondary N) is 2. The molecule has 0 radical (unpaired) electrons. The number of hydrogen-bond acceptors (Lipinski definition) is 7. The molecule has 4 rings (SSSR count). The minimum absolute atomic E-state index is 0.224. The first kappa shape index (κ1) is 29.1. The summed E-state index contributed by atoms with van der Waals surface area (Å²) < 4.78 is 41.9. The van der Waals surface area contributed by atoms with Gasteiger partial charge in [-0.05, 0) is 50.1 Å². The number of likely N-dealkylation sites (tertiary alicyclic amines) is 1. The summed E-state index contributed by atoms with van der Waals surface area (Å²) in [6.45, 7) is 8.39. The summed E-state index contributed by atoms with van der Waals surface area (Å²) in [5.41, 5.74) is 0.707. The Bertz CT molecular complexity index is 1310. The van der Waals surface area contributed by atoms with Crippen LogP contribution in [0.5, 0.6) is 0 Å². The van der Waals surface area contributed by atoms with Crippen LogP contribution in [0.4, 0.5) is 4.39 Å². The molecule has 0 aliphatic carbocycles. The molecule has 2 aromatic rings. The number of amides is 2. The summed E-state index contributed by atoms with van der Waals surface area (Å²) in [6, 6.07) is 3.94. The van der Waals surface area contributed by atoms with Crippen molar-refractivity contribution in [3.63, 3.8) is 0 Å². The molecule has 1 unspecified atom stereocenters. The van der Waals surface area contributed by atoms with Crippen LogP contribution >= 0.6 is 0 Å². The number of rotatable bonds is 8. The monoisotopic (exact) mass is 563 g/mol. The van der Waals surface area contributed by atoms with Crippen LogP contribution in [0.15, 0.2) is 30.5 Å². The second-order valence-corrected chi connectivity index (χ2v) is 13.6. The quantitative estimate of drug-likeness (QED) is 0.492. The van der Waals surface area contributed by atoms with Gasteiger partial charge in [-0.25, -0.2) is 12.8 Å². The van der Waals surface area contributed by atoms with E-state index in [1.807, 2.05) is 20.8 Å². The molecule has 2 N–H and O–H groups in total. The van der Waals surface area contributed by atoms with Crippen molar-refractivity contribution >= 4 is 21.8 Å². The predicted molar refractivity (Wildman–Crippen MR) is 144 cm³/mol. The molecule has 1 aromatic heterocycles. The summed E-state index contributed by atoms with van der Waals surface area (Å²) in [5.74, 6) is -1.09. The lowest BCUT2D eigenvalue weighted by Gasteiger charge is -2.37. The fourth-order valence-corrected chi connectivity index (χ4v) is 6.74. The summed E-state index contributed by atoms with van der Waals surface area (Å²) in [5, 5.41) is 14.3. The number of carbonyl (C=O) groups excluding carboxylic acids is 2. The van der Waals surface area contributed by atoms with E-state index in [9.17, 15) is 22.4 Å². The highest BCUT2D eigenvalue weighted by molar-refractivity contribution is 7.88. The van der Waals surface area contributed by atoms with E-state index in [4.69, 9.17) is 0 Å². The van der Waals surface area contributed by atoms with Gasteiger partial charge in [0.2, 0.25) is 21.8 Å². The molecule has 0 spiro atoms. The molecule has 2 saturated heterocycles. The van der Waals surface area contributed by atoms with Crippen LogP contribution in [0.3, 0.4) is 0 Å². The Hall–Kier alpha value is -2.90. The van der Waals surface area contributed by atoms with Gasteiger partial charge in [-0.1, -0.05) is 26.0 Å². The second kappa shape index (κ2) is 10.9. The van der Waals surface area contributed by atoms with Gasteiger partial charge in [-0.2, -0.15) is 4.31 Å². The van der Waals surface area contributed by atoms with Gasteiger partial charge >= 0.3 is 0 Å². The summed E-state index contributed by atoms with van der Waals surface area (Å²) in [6.07, 6.45) is 3.44. The molecule has 1 aromatic carbocycles. The lowest BCUT2D eigenvalue weighted by Crippen LogP contribution is -2.59. The number of sulfonamides is 1. The number of aromatic nitrogens is 3. The molecule has 2 aliphatic rings. The normalized spacial score (nSPS) is 23.5. The van der Waals surface area contributed by atoms with Gasteiger partial charge in [0, 0.05) is 37.2 Å². The number of halogens is 1. The largest absolute Gasteiger partial charge is 0.342 e. The maximum Gasteiger partial charge on any atom is 0.246 e. The molecule has 214 valence electrons. The van der Waals surface area contributed by atoms with E-state index in [0.29, 0.717) is 30.8 Å². The third kappa shape index (κ3) is 6.15. The average molecular weight is 564 g/mol. The van der Waals surface area contributed by atoms with Gasteiger partial charge in [0.25, 0.3) is 0 Å². The molecule has 13 heteroatoms. The number of nitrogens with zero attached hydrogens (tertiary/aromatic N) is 5. The van der Waals surface area contributed by atoms with E-state index in [-0.39, 0.29) is 42.2 Å². The number of likely N-dealkylation sites (N-methyl/N-ethyl adjacent to an activating group) is 1. The van der Waals surface area contributed by atoms with Crippen molar-refractivity contribution in [2.24, 2.45) is 11.3 Å². The minimum atomic E-state index is -3.52. The number of fused-ring (bicyclic) bond motifs is 1. The van der Waals surface area contributed by atoms with E-state index in [1.165, 1.54) is 22.7 Å². The molecule has 11 nitrogen and oxygen atoms in total. The third-order valence-corrected chi connectivity index (χ3v) is 8.99. The smallest absolute Gasteiger partial charge is 0.246 e. The van der Waals surface area contributed by atoms with Crippen molar-refractivity contribution in [3.05, 3.63) is 36.3 Å². The van der Waals surface area contributed by atoms with Crippen molar-refractivity contribution < 1.29 is 22.4 Å². The van der Waals surface area contributed by atoms with Crippen LogP contribution in [0.1, 0.15) is 34.1 Å². The van der Waals surface area contributed by atoms with Crippen molar-refractivity contribution in [2.75, 3.05) is 26.4 Å². The molecule has 2 fully saturated rings. The molecular weight excluding hydrogens is 525 g/mol. The van der Waals surface area contributed by atoms with E-state index in [1.54, 1.807) is 41.9 Å². The SMILES string of the molecule is CN[C@@H](C)C(=O)N[C@H](C(=O)N1CC[C@@H]2C1[C@@H](Cn1cc(-c3ccc(F)cc3)nn1)CN2S(C)(=O)=O)C(C)(C)C. The third-order valence-electron chi connectivity index (χ3n) is 7.72. The van der Waals surface area contributed by atoms with Crippen LogP contribution in [-0.2, 0) is 26.2 Å². The van der Waals surface area contributed by atoms with E-state index < -0.39 is 27.5 Å². The molecule has 2 aliphatic heterocycles. The van der Waals surface area contributed by atoms with E-state index >= 15 is 0 Å². The maximum atomic E-state index is 14.0. The molecule has 39 heavy (non-hydrogen) atoms. The highest BCUT2D eigenvalue weighted by Gasteiger charge is 2.54. The number of benzene rings is 1. The summed E-state index contributed by atoms with van der Waals surface area (Å²) >= 11 is 0. The van der Waals surface area contributed by atoms with E-state index in [0.717, 1.165) is 0 Å². The predicted octanol–water partition coefficient (Wildman–Crippen LogP) is 1.08. The van der Waals surface area contributed by atoms with Gasteiger partial charge in [0.1, 0.15) is 17.6 Å².